The summed E-state index contributed by atoms with van der Waals surface area (Å²) in [5, 5.41) is 0. The Morgan fingerprint density at radius 3 is 1.48 bits per heavy atom. The number of hydrogen-bond donors (Lipinski definition) is 0. The van der Waals surface area contributed by atoms with Crippen LogP contribution in [0.2, 0.25) is 0 Å². The number of hydrogen-bond acceptors (Lipinski definition) is 1. The molecule has 0 saturated carbocycles. The number of unbranched alkanes of at least 4 members (excludes halogenated alkanes) is 2. The van der Waals surface area contributed by atoms with Gasteiger partial charge in [0.2, 0.25) is 0 Å². The van der Waals surface area contributed by atoms with Gasteiger partial charge in [0.25, 0.3) is 0 Å². The van der Waals surface area contributed by atoms with E-state index in [1.165, 1.54) is 81.3 Å². The van der Waals surface area contributed by atoms with Gasteiger partial charge >= 0.3 is 0 Å². The molecule has 0 N–H and O–H groups in total. The lowest BCUT2D eigenvalue weighted by Gasteiger charge is -2.32. The molecule has 6 aromatic carbocycles. The Morgan fingerprint density at radius 2 is 0.958 bits per heavy atom. The minimum atomic E-state index is -0.506. The van der Waals surface area contributed by atoms with Gasteiger partial charge in [-0.1, -0.05) is 124 Å². The van der Waals surface area contributed by atoms with Crippen molar-refractivity contribution in [1.82, 2.24) is 0 Å². The van der Waals surface area contributed by atoms with Gasteiger partial charge < -0.3 is 4.90 Å². The first-order chi connectivity index (χ1) is 23.7. The fourth-order valence-electron chi connectivity index (χ4n) is 8.16. The molecule has 48 heavy (non-hydrogen) atoms. The highest BCUT2D eigenvalue weighted by molar-refractivity contribution is 5.96. The van der Waals surface area contributed by atoms with Crippen molar-refractivity contribution < 1.29 is 0 Å². The highest BCUT2D eigenvalue weighted by atomic mass is 15.1. The van der Waals surface area contributed by atoms with Crippen LogP contribution in [0.25, 0.3) is 27.1 Å². The topological polar surface area (TPSA) is 7.60 Å². The zero-order valence-corrected chi connectivity index (χ0v) is 27.8. The van der Waals surface area contributed by atoms with E-state index < -0.39 is 5.41 Å². The van der Waals surface area contributed by atoms with Gasteiger partial charge in [-0.05, 0) is 118 Å². The van der Waals surface area contributed by atoms with Crippen molar-refractivity contribution >= 4 is 22.7 Å². The van der Waals surface area contributed by atoms with E-state index in [0.29, 0.717) is 5.69 Å². The van der Waals surface area contributed by atoms with Crippen LogP contribution in [0.4, 0.5) is 22.7 Å². The number of rotatable bonds is 9. The van der Waals surface area contributed by atoms with Crippen LogP contribution in [0.1, 0.15) is 72.9 Å². The number of fused-ring (bicyclic) bond motifs is 10. The largest absolute Gasteiger partial charge is 0.310 e. The highest BCUT2D eigenvalue weighted by Crippen LogP contribution is 2.63. The van der Waals surface area contributed by atoms with Crippen molar-refractivity contribution in [1.29, 1.82) is 0 Å². The fourth-order valence-corrected chi connectivity index (χ4v) is 8.16. The molecular formula is C46H40N2. The molecule has 0 aromatic heterocycles. The van der Waals surface area contributed by atoms with E-state index in [2.05, 4.69) is 151 Å². The van der Waals surface area contributed by atoms with Gasteiger partial charge in [0.15, 0.2) is 5.69 Å². The van der Waals surface area contributed by atoms with Crippen molar-refractivity contribution in [2.24, 2.45) is 0 Å². The zero-order valence-electron chi connectivity index (χ0n) is 27.8. The van der Waals surface area contributed by atoms with Crippen LogP contribution < -0.4 is 4.90 Å². The summed E-state index contributed by atoms with van der Waals surface area (Å²) in [4.78, 5) is 6.31. The molecule has 0 heterocycles. The molecular weight excluding hydrogens is 581 g/mol. The van der Waals surface area contributed by atoms with Gasteiger partial charge in [-0.3, -0.25) is 0 Å². The second-order valence-electron chi connectivity index (χ2n) is 13.3. The summed E-state index contributed by atoms with van der Waals surface area (Å²) in [6.45, 7) is 12.4. The average molecular weight is 621 g/mol. The van der Waals surface area contributed by atoms with Crippen molar-refractivity contribution in [3.05, 3.63) is 178 Å². The lowest BCUT2D eigenvalue weighted by atomic mass is 9.70. The van der Waals surface area contributed by atoms with Crippen LogP contribution in [-0.4, -0.2) is 0 Å². The summed E-state index contributed by atoms with van der Waals surface area (Å²) in [6, 6.07) is 49.4. The van der Waals surface area contributed by atoms with Gasteiger partial charge in [0, 0.05) is 17.1 Å². The van der Waals surface area contributed by atoms with Gasteiger partial charge in [-0.25, -0.2) is 4.85 Å². The van der Waals surface area contributed by atoms with E-state index >= 15 is 0 Å². The first-order valence-corrected chi connectivity index (χ1v) is 17.5. The summed E-state index contributed by atoms with van der Waals surface area (Å²) in [5.74, 6) is 0. The van der Waals surface area contributed by atoms with Crippen LogP contribution in [-0.2, 0) is 18.3 Å². The molecule has 234 valence electrons. The molecule has 0 fully saturated rings. The van der Waals surface area contributed by atoms with Crippen LogP contribution >= 0.6 is 0 Å². The Labute approximate surface area is 285 Å². The van der Waals surface area contributed by atoms with Gasteiger partial charge in [-0.15, -0.1) is 0 Å². The van der Waals surface area contributed by atoms with Crippen molar-refractivity contribution in [2.45, 2.75) is 57.8 Å². The number of benzene rings is 6. The molecule has 0 saturated heterocycles. The van der Waals surface area contributed by atoms with Gasteiger partial charge in [0.1, 0.15) is 0 Å². The van der Waals surface area contributed by atoms with E-state index in [1.54, 1.807) is 0 Å². The predicted molar refractivity (Wildman–Crippen MR) is 201 cm³/mol. The minimum Gasteiger partial charge on any atom is -0.310 e. The Balaban J connectivity index is 1.35. The molecule has 2 nitrogen and oxygen atoms in total. The second kappa shape index (κ2) is 12.3. The molecule has 2 aliphatic carbocycles. The third kappa shape index (κ3) is 4.69. The maximum atomic E-state index is 7.92. The maximum absolute atomic E-state index is 7.92. The zero-order chi connectivity index (χ0) is 32.7. The SMILES string of the molecule is [C-]#[N+]c1ccc2c(c1)C1(c3ccccc3-2)c2ccccc2-c2ccc(N(c3ccc(CCCC)cc3)c3ccc(CCCC)cc3)cc21. The lowest BCUT2D eigenvalue weighted by molar-refractivity contribution is 0.793. The molecule has 2 aliphatic rings. The lowest BCUT2D eigenvalue weighted by Crippen LogP contribution is -2.26. The second-order valence-corrected chi connectivity index (χ2v) is 13.3. The summed E-state index contributed by atoms with van der Waals surface area (Å²) in [5.41, 5.74) is 16.4. The van der Waals surface area contributed by atoms with E-state index in [-0.39, 0.29) is 0 Å². The highest BCUT2D eigenvalue weighted by Gasteiger charge is 2.51. The molecule has 6 aromatic rings. The third-order valence-electron chi connectivity index (χ3n) is 10.5. The number of nitrogens with zero attached hydrogens (tertiary/aromatic N) is 2. The van der Waals surface area contributed by atoms with Crippen molar-refractivity contribution in [3.63, 3.8) is 0 Å². The first kappa shape index (κ1) is 30.0. The Kier molecular flexibility index (Phi) is 7.70. The monoisotopic (exact) mass is 620 g/mol. The van der Waals surface area contributed by atoms with Crippen LogP contribution in [0.3, 0.4) is 0 Å². The Hall–Kier alpha value is -5.39. The van der Waals surface area contributed by atoms with Gasteiger partial charge in [-0.2, -0.15) is 0 Å². The van der Waals surface area contributed by atoms with E-state index in [9.17, 15) is 0 Å². The fraction of sp³-hybridized carbons (Fsp3) is 0.196. The Morgan fingerprint density at radius 1 is 0.500 bits per heavy atom. The standard InChI is InChI=1S/C46H40N2/c1-4-6-12-32-18-23-35(24-19-32)48(36-25-20-33(21-26-36)13-7-5-2)37-27-29-41-39-15-9-11-17-43(39)46(45(41)31-37)42-16-10-8-14-38(42)40-28-22-34(47-3)30-44(40)46/h8-11,14-31H,4-7,12-13H2,1-2H3. The molecule has 8 rings (SSSR count). The number of aryl methyl sites for hydroxylation is 2. The smallest absolute Gasteiger partial charge is 0.187 e. The van der Waals surface area contributed by atoms with E-state index in [4.69, 9.17) is 6.57 Å². The van der Waals surface area contributed by atoms with Crippen molar-refractivity contribution in [2.75, 3.05) is 4.90 Å². The summed E-state index contributed by atoms with van der Waals surface area (Å²) >= 11 is 0. The molecule has 2 heteroatoms. The summed E-state index contributed by atoms with van der Waals surface area (Å²) < 4.78 is 0. The molecule has 1 spiro atoms. The first-order valence-electron chi connectivity index (χ1n) is 17.5. The van der Waals surface area contributed by atoms with Crippen LogP contribution in [0.5, 0.6) is 0 Å². The summed E-state index contributed by atoms with van der Waals surface area (Å²) in [6.07, 6.45) is 7.01. The maximum Gasteiger partial charge on any atom is 0.187 e. The third-order valence-corrected chi connectivity index (χ3v) is 10.5. The molecule has 1 unspecified atom stereocenters. The summed E-state index contributed by atoms with van der Waals surface area (Å²) in [7, 11) is 0. The number of anilines is 3. The van der Waals surface area contributed by atoms with Crippen LogP contribution in [0.15, 0.2) is 133 Å². The predicted octanol–water partition coefficient (Wildman–Crippen LogP) is 12.7. The van der Waals surface area contributed by atoms with Gasteiger partial charge in [0.05, 0.1) is 12.0 Å². The molecule has 0 bridgehead atoms. The van der Waals surface area contributed by atoms with E-state index in [1.807, 2.05) is 6.07 Å². The minimum absolute atomic E-state index is 0.506. The quantitative estimate of drug-likeness (QED) is 0.146. The van der Waals surface area contributed by atoms with E-state index in [0.717, 1.165) is 29.9 Å². The molecule has 1 atom stereocenters. The molecule has 0 radical (unpaired) electrons. The Bertz CT molecular complexity index is 2100. The average Bonchev–Trinajstić information content (AvgIpc) is 3.61. The van der Waals surface area contributed by atoms with Crippen LogP contribution in [0, 0.1) is 6.57 Å². The van der Waals surface area contributed by atoms with Crippen molar-refractivity contribution in [3.8, 4) is 22.3 Å². The molecule has 0 aliphatic heterocycles. The normalized spacial score (nSPS) is 15.0. The molecule has 0 amide bonds.